The van der Waals surface area contributed by atoms with Crippen LogP contribution in [-0.4, -0.2) is 11.4 Å². The van der Waals surface area contributed by atoms with Crippen LogP contribution in [0.25, 0.3) is 0 Å². The Balaban J connectivity index is 2.89. The zero-order valence-corrected chi connectivity index (χ0v) is 9.42. The van der Waals surface area contributed by atoms with Gasteiger partial charge in [0.05, 0.1) is 0 Å². The number of nitrogens with two attached hydrogens (primary N) is 2. The number of Topliss-reactive ketones (excluding diaryl/α,β-unsaturated/α-hetero) is 1. The van der Waals surface area contributed by atoms with Crippen LogP contribution in [0.3, 0.4) is 0 Å². The molecule has 0 saturated heterocycles. The average molecular weight is 227 g/mol. The largest absolute Gasteiger partial charge is 0.307 e. The summed E-state index contributed by atoms with van der Waals surface area (Å²) in [5.74, 6) is -0.249. The molecule has 0 aliphatic carbocycles. The molecule has 0 bridgehead atoms. The highest BCUT2D eigenvalue weighted by molar-refractivity contribution is 6.30. The number of hydrogen-bond acceptors (Lipinski definition) is 3. The van der Waals surface area contributed by atoms with Gasteiger partial charge in [0, 0.05) is 10.6 Å². The number of carbonyl (C=O) groups excluding carboxylic acids is 1. The SMILES string of the molecule is CCCC(N)(N)C(=O)c1ccc(Cl)cc1. The van der Waals surface area contributed by atoms with Crippen LogP contribution < -0.4 is 11.5 Å². The van der Waals surface area contributed by atoms with Crippen molar-refractivity contribution in [1.29, 1.82) is 0 Å². The highest BCUT2D eigenvalue weighted by Gasteiger charge is 2.28. The van der Waals surface area contributed by atoms with E-state index in [-0.39, 0.29) is 5.78 Å². The minimum atomic E-state index is -1.28. The van der Waals surface area contributed by atoms with E-state index in [0.29, 0.717) is 17.0 Å². The van der Waals surface area contributed by atoms with Crippen LogP contribution >= 0.6 is 11.6 Å². The molecule has 15 heavy (non-hydrogen) atoms. The Morgan fingerprint density at radius 3 is 2.33 bits per heavy atom. The Labute approximate surface area is 94.4 Å². The van der Waals surface area contributed by atoms with Crippen molar-refractivity contribution in [1.82, 2.24) is 0 Å². The van der Waals surface area contributed by atoms with Gasteiger partial charge in [0.25, 0.3) is 0 Å². The molecule has 0 saturated carbocycles. The number of benzene rings is 1. The predicted molar refractivity (Wildman–Crippen MR) is 61.8 cm³/mol. The van der Waals surface area contributed by atoms with Crippen molar-refractivity contribution in [2.45, 2.75) is 25.4 Å². The van der Waals surface area contributed by atoms with Crippen molar-refractivity contribution in [3.63, 3.8) is 0 Å². The average Bonchev–Trinajstić information content (AvgIpc) is 2.18. The molecule has 4 N–H and O–H groups in total. The van der Waals surface area contributed by atoms with Crippen molar-refractivity contribution in [3.8, 4) is 0 Å². The summed E-state index contributed by atoms with van der Waals surface area (Å²) in [4.78, 5) is 11.9. The van der Waals surface area contributed by atoms with Gasteiger partial charge in [-0.1, -0.05) is 24.9 Å². The van der Waals surface area contributed by atoms with Crippen molar-refractivity contribution in [3.05, 3.63) is 34.9 Å². The fourth-order valence-electron chi connectivity index (χ4n) is 1.40. The van der Waals surface area contributed by atoms with Crippen molar-refractivity contribution < 1.29 is 4.79 Å². The highest BCUT2D eigenvalue weighted by atomic mass is 35.5. The maximum Gasteiger partial charge on any atom is 0.196 e. The van der Waals surface area contributed by atoms with Gasteiger partial charge in [-0.05, 0) is 30.7 Å². The van der Waals surface area contributed by atoms with E-state index in [9.17, 15) is 4.79 Å². The summed E-state index contributed by atoms with van der Waals surface area (Å²) in [6, 6.07) is 6.57. The fraction of sp³-hybridized carbons (Fsp3) is 0.364. The van der Waals surface area contributed by atoms with Gasteiger partial charge in [0.2, 0.25) is 0 Å². The van der Waals surface area contributed by atoms with Gasteiger partial charge < -0.3 is 11.5 Å². The first-order chi connectivity index (χ1) is 6.97. The molecule has 0 heterocycles. The molecular formula is C11H15ClN2O. The van der Waals surface area contributed by atoms with Crippen LogP contribution in [0.1, 0.15) is 30.1 Å². The minimum absolute atomic E-state index is 0.249. The Bertz CT molecular complexity index is 346. The van der Waals surface area contributed by atoms with Gasteiger partial charge in [0.15, 0.2) is 5.78 Å². The molecule has 0 aromatic heterocycles. The maximum absolute atomic E-state index is 11.9. The van der Waals surface area contributed by atoms with Crippen LogP contribution in [-0.2, 0) is 0 Å². The lowest BCUT2D eigenvalue weighted by Crippen LogP contribution is -2.56. The first-order valence-electron chi connectivity index (χ1n) is 4.85. The van der Waals surface area contributed by atoms with Gasteiger partial charge in [0.1, 0.15) is 5.66 Å². The van der Waals surface area contributed by atoms with Crippen LogP contribution in [0.2, 0.25) is 5.02 Å². The highest BCUT2D eigenvalue weighted by Crippen LogP contribution is 2.15. The quantitative estimate of drug-likeness (QED) is 0.609. The first kappa shape index (κ1) is 12.2. The summed E-state index contributed by atoms with van der Waals surface area (Å²) in [7, 11) is 0. The van der Waals surface area contributed by atoms with Gasteiger partial charge in [-0.2, -0.15) is 0 Å². The lowest BCUT2D eigenvalue weighted by molar-refractivity contribution is 0.0883. The monoisotopic (exact) mass is 226 g/mol. The van der Waals surface area contributed by atoms with E-state index in [4.69, 9.17) is 23.1 Å². The van der Waals surface area contributed by atoms with Gasteiger partial charge in [-0.15, -0.1) is 0 Å². The normalized spacial score (nSPS) is 11.5. The molecule has 0 radical (unpaired) electrons. The number of halogens is 1. The standard InChI is InChI=1S/C11H15ClN2O/c1-2-7-11(13,14)10(15)8-3-5-9(12)6-4-8/h3-6H,2,7,13-14H2,1H3. The Hall–Kier alpha value is -0.900. The summed E-state index contributed by atoms with van der Waals surface area (Å²) >= 11 is 5.72. The molecule has 0 fully saturated rings. The first-order valence-corrected chi connectivity index (χ1v) is 5.23. The number of rotatable bonds is 4. The Morgan fingerprint density at radius 2 is 1.87 bits per heavy atom. The van der Waals surface area contributed by atoms with E-state index in [1.807, 2.05) is 6.92 Å². The molecule has 0 spiro atoms. The zero-order valence-electron chi connectivity index (χ0n) is 8.66. The molecule has 4 heteroatoms. The van der Waals surface area contributed by atoms with Crippen molar-refractivity contribution in [2.24, 2.45) is 11.5 Å². The summed E-state index contributed by atoms with van der Waals surface area (Å²) in [6.45, 7) is 1.93. The molecule has 0 amide bonds. The molecule has 0 unspecified atom stereocenters. The second-order valence-corrected chi connectivity index (χ2v) is 4.06. The lowest BCUT2D eigenvalue weighted by Gasteiger charge is -2.22. The van der Waals surface area contributed by atoms with Crippen molar-refractivity contribution >= 4 is 17.4 Å². The third-order valence-corrected chi connectivity index (χ3v) is 2.44. The summed E-state index contributed by atoms with van der Waals surface area (Å²) in [6.07, 6.45) is 1.24. The number of ketones is 1. The van der Waals surface area contributed by atoms with Gasteiger partial charge in [-0.3, -0.25) is 4.79 Å². The van der Waals surface area contributed by atoms with Crippen LogP contribution in [0.5, 0.6) is 0 Å². The van der Waals surface area contributed by atoms with E-state index in [2.05, 4.69) is 0 Å². The maximum atomic E-state index is 11.9. The molecule has 0 aliphatic rings. The van der Waals surface area contributed by atoms with Gasteiger partial charge >= 0.3 is 0 Å². The van der Waals surface area contributed by atoms with E-state index >= 15 is 0 Å². The van der Waals surface area contributed by atoms with Crippen LogP contribution in [0, 0.1) is 0 Å². The van der Waals surface area contributed by atoms with Crippen LogP contribution in [0.15, 0.2) is 24.3 Å². The Morgan fingerprint density at radius 1 is 1.33 bits per heavy atom. The molecule has 1 rings (SSSR count). The topological polar surface area (TPSA) is 69.1 Å². The van der Waals surface area contributed by atoms with E-state index in [1.54, 1.807) is 24.3 Å². The minimum Gasteiger partial charge on any atom is -0.307 e. The summed E-state index contributed by atoms with van der Waals surface area (Å²) in [5, 5.41) is 0.585. The molecule has 82 valence electrons. The van der Waals surface area contributed by atoms with E-state index in [0.717, 1.165) is 6.42 Å². The fourth-order valence-corrected chi connectivity index (χ4v) is 1.52. The molecule has 0 atom stereocenters. The van der Waals surface area contributed by atoms with Gasteiger partial charge in [-0.25, -0.2) is 0 Å². The second kappa shape index (κ2) is 4.75. The van der Waals surface area contributed by atoms with Crippen molar-refractivity contribution in [2.75, 3.05) is 0 Å². The third-order valence-electron chi connectivity index (χ3n) is 2.19. The molecule has 1 aromatic rings. The molecule has 3 nitrogen and oxygen atoms in total. The zero-order chi connectivity index (χ0) is 11.5. The third kappa shape index (κ3) is 3.02. The number of carbonyl (C=O) groups is 1. The predicted octanol–water partition coefficient (Wildman–Crippen LogP) is 1.94. The molecular weight excluding hydrogens is 212 g/mol. The lowest BCUT2D eigenvalue weighted by atomic mass is 9.95. The smallest absolute Gasteiger partial charge is 0.196 e. The second-order valence-electron chi connectivity index (χ2n) is 3.63. The van der Waals surface area contributed by atoms with E-state index in [1.165, 1.54) is 0 Å². The van der Waals surface area contributed by atoms with Crippen LogP contribution in [0.4, 0.5) is 0 Å². The molecule has 1 aromatic carbocycles. The summed E-state index contributed by atoms with van der Waals surface area (Å²) in [5.41, 5.74) is 10.7. The summed E-state index contributed by atoms with van der Waals surface area (Å²) < 4.78 is 0. The molecule has 0 aliphatic heterocycles. The van der Waals surface area contributed by atoms with E-state index < -0.39 is 5.66 Å². The number of hydrogen-bond donors (Lipinski definition) is 2. The Kier molecular flexibility index (Phi) is 3.85.